The van der Waals surface area contributed by atoms with Crippen molar-refractivity contribution in [1.29, 1.82) is 0 Å². The van der Waals surface area contributed by atoms with Crippen LogP contribution in [0.5, 0.6) is 0 Å². The molecule has 0 bridgehead atoms. The van der Waals surface area contributed by atoms with E-state index in [0.29, 0.717) is 18.5 Å². The van der Waals surface area contributed by atoms with Gasteiger partial charge in [0, 0.05) is 17.0 Å². The van der Waals surface area contributed by atoms with E-state index in [4.69, 9.17) is 9.29 Å². The van der Waals surface area contributed by atoms with E-state index in [1.165, 1.54) is 18.4 Å². The van der Waals surface area contributed by atoms with Crippen LogP contribution < -0.4 is 15.4 Å². The lowest BCUT2D eigenvalue weighted by molar-refractivity contribution is -0.123. The Labute approximate surface area is 210 Å². The third-order valence-electron chi connectivity index (χ3n) is 5.34. The van der Waals surface area contributed by atoms with Gasteiger partial charge in [-0.05, 0) is 43.5 Å². The van der Waals surface area contributed by atoms with Crippen molar-refractivity contribution >= 4 is 40.3 Å². The molecule has 0 saturated heterocycles. The first-order valence-electron chi connectivity index (χ1n) is 10.8. The van der Waals surface area contributed by atoms with Gasteiger partial charge in [0.2, 0.25) is 5.91 Å². The maximum Gasteiger partial charge on any atom is 0.407 e. The van der Waals surface area contributed by atoms with Crippen molar-refractivity contribution in [3.63, 3.8) is 0 Å². The largest absolute Gasteiger partial charge is 0.453 e. The second-order valence-electron chi connectivity index (χ2n) is 7.89. The molecule has 35 heavy (non-hydrogen) atoms. The number of carbonyl (C=O) groups excluding carboxylic acids is 2. The highest BCUT2D eigenvalue weighted by Gasteiger charge is 2.26. The van der Waals surface area contributed by atoms with Gasteiger partial charge in [0.1, 0.15) is 11.0 Å². The molecule has 2 aromatic carbocycles. The zero-order valence-corrected chi connectivity index (χ0v) is 21.2. The van der Waals surface area contributed by atoms with E-state index in [9.17, 15) is 13.8 Å². The van der Waals surface area contributed by atoms with Crippen LogP contribution >= 0.6 is 11.3 Å². The number of hydrogen-bond donors (Lipinski definition) is 4. The molecule has 1 aromatic heterocycles. The molecule has 0 aliphatic heterocycles. The van der Waals surface area contributed by atoms with Crippen LogP contribution in [0.4, 0.5) is 10.5 Å². The third kappa shape index (κ3) is 7.88. The summed E-state index contributed by atoms with van der Waals surface area (Å²) in [5.74, 6) is -0.358. The summed E-state index contributed by atoms with van der Waals surface area (Å²) in [7, 11) is 1.25. The molecular formula is C24H28N4O5S2. The van der Waals surface area contributed by atoms with Crippen molar-refractivity contribution in [3.8, 4) is 0 Å². The SMILES string of the molecule is COC(=O)N[C@@H](Cc1ccccc1)C(=O)N[C@@H](Cc1ccc(NS(=O)O)cc1)c1nc(C)c(C)s1. The topological polar surface area (TPSA) is 130 Å². The van der Waals surface area contributed by atoms with Crippen LogP contribution in [0.1, 0.15) is 32.7 Å². The van der Waals surface area contributed by atoms with Crippen molar-refractivity contribution < 1.29 is 23.1 Å². The van der Waals surface area contributed by atoms with Gasteiger partial charge >= 0.3 is 6.09 Å². The van der Waals surface area contributed by atoms with Gasteiger partial charge < -0.3 is 15.4 Å². The second-order valence-corrected chi connectivity index (χ2v) is 9.82. The summed E-state index contributed by atoms with van der Waals surface area (Å²) in [6, 6.07) is 15.1. The summed E-state index contributed by atoms with van der Waals surface area (Å²) >= 11 is -0.654. The van der Waals surface area contributed by atoms with Crippen LogP contribution in [0.3, 0.4) is 0 Å². The zero-order chi connectivity index (χ0) is 25.4. The number of rotatable bonds is 10. The van der Waals surface area contributed by atoms with Gasteiger partial charge in [0.05, 0.1) is 18.8 Å². The molecule has 3 rings (SSSR count). The van der Waals surface area contributed by atoms with Crippen molar-refractivity contribution in [2.75, 3.05) is 11.8 Å². The predicted octanol–water partition coefficient (Wildman–Crippen LogP) is 3.68. The average molecular weight is 517 g/mol. The Morgan fingerprint density at radius 3 is 2.26 bits per heavy atom. The van der Waals surface area contributed by atoms with Crippen LogP contribution in [0, 0.1) is 13.8 Å². The number of aromatic nitrogens is 1. The minimum absolute atomic E-state index is 0.295. The number of nitrogens with one attached hydrogen (secondary N) is 3. The number of benzene rings is 2. The summed E-state index contributed by atoms with van der Waals surface area (Å²) < 4.78 is 27.1. The van der Waals surface area contributed by atoms with Crippen molar-refractivity contribution in [3.05, 3.63) is 81.3 Å². The first-order valence-corrected chi connectivity index (χ1v) is 12.8. The summed E-state index contributed by atoms with van der Waals surface area (Å²) in [5.41, 5.74) is 3.19. The van der Waals surface area contributed by atoms with Crippen molar-refractivity contribution in [1.82, 2.24) is 15.6 Å². The summed E-state index contributed by atoms with van der Waals surface area (Å²) in [6.07, 6.45) is 0.0444. The second kappa shape index (κ2) is 12.4. The molecule has 3 atom stereocenters. The highest BCUT2D eigenvalue weighted by Crippen LogP contribution is 2.26. The molecule has 0 spiro atoms. The van der Waals surface area contributed by atoms with Gasteiger partial charge in [-0.25, -0.2) is 14.0 Å². The molecule has 2 amide bonds. The van der Waals surface area contributed by atoms with Gasteiger partial charge in [-0.3, -0.25) is 14.1 Å². The van der Waals surface area contributed by atoms with E-state index in [2.05, 4.69) is 20.3 Å². The number of hydrogen-bond acceptors (Lipinski definition) is 6. The van der Waals surface area contributed by atoms with Crippen LogP contribution in [0.25, 0.3) is 0 Å². The summed E-state index contributed by atoms with van der Waals surface area (Å²) in [6.45, 7) is 3.89. The van der Waals surface area contributed by atoms with Crippen molar-refractivity contribution in [2.24, 2.45) is 0 Å². The minimum Gasteiger partial charge on any atom is -0.453 e. The first-order chi connectivity index (χ1) is 16.7. The molecule has 0 fully saturated rings. The Bertz CT molecular complexity index is 1150. The fraction of sp³-hybridized carbons (Fsp3) is 0.292. The molecule has 0 aliphatic rings. The monoisotopic (exact) mass is 516 g/mol. The molecule has 9 nitrogen and oxygen atoms in total. The van der Waals surface area contributed by atoms with Gasteiger partial charge in [0.25, 0.3) is 11.3 Å². The van der Waals surface area contributed by atoms with E-state index < -0.39 is 29.4 Å². The molecule has 0 saturated carbocycles. The third-order valence-corrected chi connectivity index (χ3v) is 6.93. The Kier molecular flexibility index (Phi) is 9.35. The average Bonchev–Trinajstić information content (AvgIpc) is 3.17. The molecule has 1 unspecified atom stereocenters. The maximum atomic E-state index is 13.4. The van der Waals surface area contributed by atoms with Crippen LogP contribution in [0.15, 0.2) is 54.6 Å². The van der Waals surface area contributed by atoms with Gasteiger partial charge in [0.15, 0.2) is 0 Å². The molecular weight excluding hydrogens is 488 g/mol. The smallest absolute Gasteiger partial charge is 0.407 e. The number of thiazole rings is 1. The Morgan fingerprint density at radius 2 is 1.69 bits per heavy atom. The number of carbonyl (C=O) groups is 2. The maximum absolute atomic E-state index is 13.4. The quantitative estimate of drug-likeness (QED) is 0.304. The highest BCUT2D eigenvalue weighted by atomic mass is 32.2. The highest BCUT2D eigenvalue weighted by molar-refractivity contribution is 7.80. The standard InChI is InChI=1S/C24H28N4O5S2/c1-15-16(2)34-23(25-15)21(14-18-9-11-19(12-10-18)28-35(31)32)26-22(29)20(27-24(30)33-3)13-17-7-5-4-6-8-17/h4-12,20-21,28H,13-14H2,1-3H3,(H,26,29)(H,27,30)(H,31,32)/t20-,21-/m0/s1. The lowest BCUT2D eigenvalue weighted by Crippen LogP contribution is -2.49. The molecule has 0 aliphatic carbocycles. The van der Waals surface area contributed by atoms with E-state index in [-0.39, 0.29) is 5.91 Å². The first kappa shape index (κ1) is 26.3. The molecule has 3 aromatic rings. The number of anilines is 1. The van der Waals surface area contributed by atoms with Crippen molar-refractivity contribution in [2.45, 2.75) is 38.8 Å². The Balaban J connectivity index is 1.83. The predicted molar refractivity (Wildman–Crippen MR) is 136 cm³/mol. The zero-order valence-electron chi connectivity index (χ0n) is 19.6. The number of amides is 2. The normalized spacial score (nSPS) is 13.4. The number of methoxy groups -OCH3 is 1. The number of alkyl carbamates (subject to hydrolysis) is 1. The lowest BCUT2D eigenvalue weighted by atomic mass is 10.0. The van der Waals surface area contributed by atoms with E-state index in [1.54, 1.807) is 12.1 Å². The van der Waals surface area contributed by atoms with Gasteiger partial charge in [-0.1, -0.05) is 42.5 Å². The van der Waals surface area contributed by atoms with Gasteiger partial charge in [-0.15, -0.1) is 11.3 Å². The van der Waals surface area contributed by atoms with E-state index in [0.717, 1.165) is 26.7 Å². The minimum atomic E-state index is -2.16. The summed E-state index contributed by atoms with van der Waals surface area (Å²) in [4.78, 5) is 31.0. The van der Waals surface area contributed by atoms with Crippen LogP contribution in [-0.2, 0) is 33.6 Å². The fourth-order valence-electron chi connectivity index (χ4n) is 3.42. The molecule has 186 valence electrons. The molecule has 0 radical (unpaired) electrons. The Hall–Kier alpha value is -3.28. The number of aryl methyl sites for hydroxylation is 2. The molecule has 11 heteroatoms. The lowest BCUT2D eigenvalue weighted by Gasteiger charge is -2.22. The number of nitrogens with zero attached hydrogens (tertiary/aromatic N) is 1. The Morgan fingerprint density at radius 1 is 1.03 bits per heavy atom. The molecule has 4 N–H and O–H groups in total. The molecule has 1 heterocycles. The van der Waals surface area contributed by atoms with Crippen LogP contribution in [-0.4, -0.2) is 38.9 Å². The van der Waals surface area contributed by atoms with Crippen LogP contribution in [0.2, 0.25) is 0 Å². The fourth-order valence-corrected chi connectivity index (χ4v) is 4.74. The summed E-state index contributed by atoms with van der Waals surface area (Å²) in [5, 5.41) is 6.43. The van der Waals surface area contributed by atoms with E-state index in [1.807, 2.05) is 56.3 Å². The van der Waals surface area contributed by atoms with Gasteiger partial charge in [-0.2, -0.15) is 0 Å². The van der Waals surface area contributed by atoms with E-state index >= 15 is 0 Å². The number of ether oxygens (including phenoxy) is 1.